The van der Waals surface area contributed by atoms with Gasteiger partial charge in [-0.2, -0.15) is 0 Å². The van der Waals surface area contributed by atoms with E-state index in [0.29, 0.717) is 0 Å². The van der Waals surface area contributed by atoms with E-state index in [1.807, 2.05) is 44.2 Å². The highest BCUT2D eigenvalue weighted by Gasteiger charge is 2.64. The van der Waals surface area contributed by atoms with E-state index < -0.39 is 39.7 Å². The maximum atomic E-state index is 13.2. The number of fused-ring (bicyclic) bond motifs is 1. The van der Waals surface area contributed by atoms with E-state index in [9.17, 15) is 24.5 Å². The van der Waals surface area contributed by atoms with E-state index in [4.69, 9.17) is 14.2 Å². The molecule has 2 saturated heterocycles. The first-order valence-corrected chi connectivity index (χ1v) is 12.3. The van der Waals surface area contributed by atoms with Crippen LogP contribution in [0.4, 0.5) is 5.69 Å². The number of esters is 1. The molecule has 0 saturated carbocycles. The third kappa shape index (κ3) is 5.06. The minimum Gasteiger partial charge on any atom is -0.493 e. The number of rotatable bonds is 9. The third-order valence-electron chi connectivity index (χ3n) is 6.34. The molecule has 0 unspecified atom stereocenters. The SMILES string of the molecule is COc1cc(COC(=O)[C@@H]2N3C(=O)[C@@H](NC(=O)Cc4ccccc4)[C@H]3SC2(C)C)c([N+](=O)[O-])cc1OC. The van der Waals surface area contributed by atoms with Gasteiger partial charge in [-0.1, -0.05) is 30.3 Å². The van der Waals surface area contributed by atoms with Gasteiger partial charge >= 0.3 is 5.97 Å². The average Bonchev–Trinajstić information content (AvgIpc) is 3.13. The molecular weight excluding hydrogens is 502 g/mol. The van der Waals surface area contributed by atoms with Crippen molar-refractivity contribution in [1.82, 2.24) is 10.2 Å². The summed E-state index contributed by atoms with van der Waals surface area (Å²) in [6.45, 7) is 3.24. The fourth-order valence-corrected chi connectivity index (χ4v) is 6.18. The highest BCUT2D eigenvalue weighted by Crippen LogP contribution is 2.51. The van der Waals surface area contributed by atoms with Crippen molar-refractivity contribution in [3.63, 3.8) is 0 Å². The molecule has 3 atom stereocenters. The van der Waals surface area contributed by atoms with Crippen LogP contribution in [-0.2, 0) is 32.1 Å². The van der Waals surface area contributed by atoms with Crippen LogP contribution in [0.2, 0.25) is 0 Å². The van der Waals surface area contributed by atoms with Crippen molar-refractivity contribution < 1.29 is 33.5 Å². The molecule has 0 radical (unpaired) electrons. The first-order chi connectivity index (χ1) is 17.6. The predicted octanol–water partition coefficient (Wildman–Crippen LogP) is 2.45. The summed E-state index contributed by atoms with van der Waals surface area (Å²) >= 11 is 1.40. The molecule has 2 amide bonds. The van der Waals surface area contributed by atoms with E-state index >= 15 is 0 Å². The molecule has 0 bridgehead atoms. The van der Waals surface area contributed by atoms with Crippen LogP contribution >= 0.6 is 11.8 Å². The number of thioether (sulfide) groups is 1. The molecule has 11 nitrogen and oxygen atoms in total. The predicted molar refractivity (Wildman–Crippen MR) is 134 cm³/mol. The van der Waals surface area contributed by atoms with Crippen LogP contribution in [-0.4, -0.2) is 64.0 Å². The van der Waals surface area contributed by atoms with E-state index in [-0.39, 0.29) is 41.0 Å². The number of carbonyl (C=O) groups excluding carboxylic acids is 3. The van der Waals surface area contributed by atoms with Gasteiger partial charge in [0.15, 0.2) is 11.5 Å². The Bertz CT molecular complexity index is 1240. The van der Waals surface area contributed by atoms with E-state index in [1.54, 1.807) is 0 Å². The summed E-state index contributed by atoms with van der Waals surface area (Å²) in [5, 5.41) is 13.9. The van der Waals surface area contributed by atoms with E-state index in [2.05, 4.69) is 5.32 Å². The summed E-state index contributed by atoms with van der Waals surface area (Å²) < 4.78 is 15.1. The van der Waals surface area contributed by atoms with Gasteiger partial charge in [0, 0.05) is 4.75 Å². The summed E-state index contributed by atoms with van der Waals surface area (Å²) in [6.07, 6.45) is 0.140. The van der Waals surface area contributed by atoms with Gasteiger partial charge in [0.2, 0.25) is 11.8 Å². The first kappa shape index (κ1) is 26.3. The fraction of sp³-hybridized carbons (Fsp3) is 0.400. The summed E-state index contributed by atoms with van der Waals surface area (Å²) in [7, 11) is 2.75. The topological polar surface area (TPSA) is 137 Å². The molecule has 0 aromatic heterocycles. The molecule has 196 valence electrons. The molecule has 12 heteroatoms. The third-order valence-corrected chi connectivity index (χ3v) is 7.91. The van der Waals surface area contributed by atoms with Gasteiger partial charge in [0.1, 0.15) is 24.1 Å². The summed E-state index contributed by atoms with van der Waals surface area (Å²) in [5.41, 5.74) is 0.662. The number of nitrogens with zero attached hydrogens (tertiary/aromatic N) is 2. The number of nitro groups is 1. The minimum absolute atomic E-state index is 0.122. The largest absolute Gasteiger partial charge is 0.493 e. The minimum atomic E-state index is -0.920. The van der Waals surface area contributed by atoms with Gasteiger partial charge < -0.3 is 24.4 Å². The molecule has 2 heterocycles. The number of ether oxygens (including phenoxy) is 3. The number of benzene rings is 2. The molecule has 2 fully saturated rings. The second-order valence-electron chi connectivity index (χ2n) is 9.17. The summed E-state index contributed by atoms with van der Waals surface area (Å²) in [5.74, 6) is -0.917. The Balaban J connectivity index is 1.44. The Morgan fingerprint density at radius 2 is 1.78 bits per heavy atom. The zero-order chi connectivity index (χ0) is 26.9. The molecule has 0 spiro atoms. The lowest BCUT2D eigenvalue weighted by Crippen LogP contribution is -2.70. The number of hydrogen-bond acceptors (Lipinski definition) is 9. The number of nitro benzene ring substituents is 1. The Hall–Kier alpha value is -3.80. The van der Waals surface area contributed by atoms with Gasteiger partial charge in [-0.15, -0.1) is 11.8 Å². The van der Waals surface area contributed by atoms with Gasteiger partial charge in [-0.25, -0.2) is 4.79 Å². The molecule has 37 heavy (non-hydrogen) atoms. The second kappa shape index (κ2) is 10.3. The number of methoxy groups -OCH3 is 2. The normalized spacial score (nSPS) is 21.5. The van der Waals surface area contributed by atoms with E-state index in [0.717, 1.165) is 5.56 Å². The standard InChI is InChI=1S/C25H27N3O8S/c1-25(2)21(24(31)36-13-15-11-17(34-3)18(35-4)12-16(15)28(32)33)27-22(30)20(23(27)37-25)26-19(29)10-14-8-6-5-7-9-14/h5-9,11-12,20-21,23H,10,13H2,1-4H3,(H,26,29)/t20-,21+,23-/m1/s1. The Morgan fingerprint density at radius 3 is 2.41 bits per heavy atom. The second-order valence-corrected chi connectivity index (χ2v) is 10.9. The summed E-state index contributed by atoms with van der Waals surface area (Å²) in [6, 6.07) is 10.1. The lowest BCUT2D eigenvalue weighted by Gasteiger charge is -2.44. The Kier molecular flexibility index (Phi) is 7.30. The summed E-state index contributed by atoms with van der Waals surface area (Å²) in [4.78, 5) is 51.0. The number of β-lactam (4-membered cyclic amide) rings is 1. The van der Waals surface area contributed by atoms with Crippen molar-refractivity contribution in [2.45, 2.75) is 49.1 Å². The van der Waals surface area contributed by atoms with Crippen LogP contribution in [0, 0.1) is 10.1 Å². The lowest BCUT2D eigenvalue weighted by atomic mass is 9.95. The fourth-order valence-electron chi connectivity index (χ4n) is 4.56. The highest BCUT2D eigenvalue weighted by atomic mass is 32.2. The zero-order valence-corrected chi connectivity index (χ0v) is 21.6. The van der Waals surface area contributed by atoms with Crippen LogP contribution in [0.15, 0.2) is 42.5 Å². The highest BCUT2D eigenvalue weighted by molar-refractivity contribution is 8.01. The van der Waals surface area contributed by atoms with E-state index in [1.165, 1.54) is 43.0 Å². The van der Waals surface area contributed by atoms with Crippen molar-refractivity contribution in [2.24, 2.45) is 0 Å². The van der Waals surface area contributed by atoms with Gasteiger partial charge in [0.05, 0.1) is 37.2 Å². The van der Waals surface area contributed by atoms with Gasteiger partial charge in [-0.3, -0.25) is 19.7 Å². The maximum absolute atomic E-state index is 13.2. The van der Waals surface area contributed by atoms with Crippen LogP contribution in [0.5, 0.6) is 11.5 Å². The number of nitrogens with one attached hydrogen (secondary N) is 1. The quantitative estimate of drug-likeness (QED) is 0.225. The number of hydrogen-bond donors (Lipinski definition) is 1. The smallest absolute Gasteiger partial charge is 0.330 e. The maximum Gasteiger partial charge on any atom is 0.330 e. The van der Waals surface area contributed by atoms with Crippen molar-refractivity contribution in [3.05, 3.63) is 63.7 Å². The lowest BCUT2D eigenvalue weighted by molar-refractivity contribution is -0.385. The van der Waals surface area contributed by atoms with Crippen molar-refractivity contribution in [3.8, 4) is 11.5 Å². The van der Waals surface area contributed by atoms with Crippen molar-refractivity contribution in [2.75, 3.05) is 14.2 Å². The average molecular weight is 530 g/mol. The van der Waals surface area contributed by atoms with Crippen LogP contribution in [0.3, 0.4) is 0 Å². The molecule has 2 aliphatic heterocycles. The molecule has 0 aliphatic carbocycles. The number of amides is 2. The molecule has 1 N–H and O–H groups in total. The van der Waals surface area contributed by atoms with Crippen molar-refractivity contribution in [1.29, 1.82) is 0 Å². The molecule has 2 aromatic carbocycles. The molecule has 2 aliphatic rings. The van der Waals surface area contributed by atoms with Crippen LogP contribution in [0.1, 0.15) is 25.0 Å². The van der Waals surface area contributed by atoms with Gasteiger partial charge in [0.25, 0.3) is 5.69 Å². The monoisotopic (exact) mass is 529 g/mol. The molecule has 2 aromatic rings. The van der Waals surface area contributed by atoms with Crippen LogP contribution < -0.4 is 14.8 Å². The van der Waals surface area contributed by atoms with Gasteiger partial charge in [-0.05, 0) is 25.5 Å². The Labute approximate surface area is 217 Å². The Morgan fingerprint density at radius 1 is 1.14 bits per heavy atom. The zero-order valence-electron chi connectivity index (χ0n) is 20.8. The molecular formula is C25H27N3O8S. The number of carbonyl (C=O) groups is 3. The van der Waals surface area contributed by atoms with Crippen LogP contribution in [0.25, 0.3) is 0 Å². The van der Waals surface area contributed by atoms with Crippen molar-refractivity contribution >= 4 is 35.2 Å². The molecule has 4 rings (SSSR count). The first-order valence-electron chi connectivity index (χ1n) is 11.5.